The third-order valence-corrected chi connectivity index (χ3v) is 5.85. The van der Waals surface area contributed by atoms with Crippen molar-refractivity contribution in [3.63, 3.8) is 0 Å². The molecule has 0 fully saturated rings. The summed E-state index contributed by atoms with van der Waals surface area (Å²) in [4.78, 5) is 4.65. The predicted octanol–water partition coefficient (Wildman–Crippen LogP) is 4.88. The Hall–Kier alpha value is -2.19. The molecule has 2 aromatic carbocycles. The van der Waals surface area contributed by atoms with E-state index in [0.717, 1.165) is 22.0 Å². The van der Waals surface area contributed by atoms with Crippen LogP contribution in [0.25, 0.3) is 11.3 Å². The fraction of sp³-hybridized carbons (Fsp3) is 0.190. The van der Waals surface area contributed by atoms with Crippen molar-refractivity contribution < 1.29 is 2.74 Å². The molecule has 0 N–H and O–H groups in total. The number of hydrogen-bond donors (Lipinski definition) is 0. The van der Waals surface area contributed by atoms with Gasteiger partial charge in [-0.25, -0.2) is 0 Å². The molecule has 0 aliphatic carbocycles. The Balaban J connectivity index is 2.22. The summed E-state index contributed by atoms with van der Waals surface area (Å²) in [6.07, 6.45) is 0.341. The summed E-state index contributed by atoms with van der Waals surface area (Å²) in [5, 5.41) is 1.07. The molecule has 0 saturated heterocycles. The highest BCUT2D eigenvalue weighted by Crippen LogP contribution is 2.20. The van der Waals surface area contributed by atoms with E-state index in [1.54, 1.807) is 0 Å². The van der Waals surface area contributed by atoms with Crippen LogP contribution in [0.4, 0.5) is 0 Å². The molecule has 0 amide bonds. The topological polar surface area (TPSA) is 12.9 Å². The van der Waals surface area contributed by atoms with E-state index in [4.69, 9.17) is 2.74 Å². The molecule has 2 heteroatoms. The standard InChI is InChI=1S/C21H23NSi/c1-23(2,3)21-16-22-20(18-12-8-5-9-13-18)15-19(21)14-17-10-6-4-7-11-17/h4-13,15-16H,14H2,1-3H3/i14D2. The maximum absolute atomic E-state index is 8.85. The van der Waals surface area contributed by atoms with Crippen molar-refractivity contribution in [2.24, 2.45) is 0 Å². The molecule has 0 unspecified atom stereocenters. The summed E-state index contributed by atoms with van der Waals surface area (Å²) < 4.78 is 17.7. The van der Waals surface area contributed by atoms with Gasteiger partial charge in [0.2, 0.25) is 0 Å². The minimum Gasteiger partial charge on any atom is -0.256 e. The lowest BCUT2D eigenvalue weighted by molar-refractivity contribution is 1.18. The third kappa shape index (κ3) is 3.77. The highest BCUT2D eigenvalue weighted by Gasteiger charge is 2.21. The van der Waals surface area contributed by atoms with Gasteiger partial charge >= 0.3 is 0 Å². The second-order valence-corrected chi connectivity index (χ2v) is 11.8. The van der Waals surface area contributed by atoms with Crippen LogP contribution in [0.5, 0.6) is 0 Å². The zero-order valence-corrected chi connectivity index (χ0v) is 14.9. The van der Waals surface area contributed by atoms with E-state index in [2.05, 4.69) is 24.6 Å². The first-order chi connectivity index (χ1) is 11.8. The minimum absolute atomic E-state index is 0.680. The average Bonchev–Trinajstić information content (AvgIpc) is 2.62. The van der Waals surface area contributed by atoms with Crippen molar-refractivity contribution in [3.8, 4) is 11.3 Å². The Morgan fingerprint density at radius 2 is 1.52 bits per heavy atom. The van der Waals surface area contributed by atoms with Gasteiger partial charge in [-0.2, -0.15) is 0 Å². The lowest BCUT2D eigenvalue weighted by Crippen LogP contribution is -2.40. The van der Waals surface area contributed by atoms with Gasteiger partial charge in [0, 0.05) is 14.5 Å². The molecule has 1 aromatic heterocycles. The smallest absolute Gasteiger partial charge is 0.0799 e. The molecule has 1 nitrogen and oxygen atoms in total. The second kappa shape index (κ2) is 6.51. The van der Waals surface area contributed by atoms with Crippen LogP contribution >= 0.6 is 0 Å². The van der Waals surface area contributed by atoms with Gasteiger partial charge in [0.05, 0.1) is 13.8 Å². The van der Waals surface area contributed by atoms with E-state index in [0.29, 0.717) is 5.56 Å². The summed E-state index contributed by atoms with van der Waals surface area (Å²) in [7, 11) is -1.75. The summed E-state index contributed by atoms with van der Waals surface area (Å²) in [6, 6.07) is 21.3. The molecule has 3 aromatic rings. The Kier molecular flexibility index (Phi) is 3.75. The van der Waals surface area contributed by atoms with Crippen LogP contribution in [0.1, 0.15) is 13.9 Å². The highest BCUT2D eigenvalue weighted by atomic mass is 28.3. The lowest BCUT2D eigenvalue weighted by Gasteiger charge is -2.21. The predicted molar refractivity (Wildman–Crippen MR) is 102 cm³/mol. The Morgan fingerprint density at radius 3 is 2.13 bits per heavy atom. The van der Waals surface area contributed by atoms with Crippen molar-refractivity contribution in [2.45, 2.75) is 26.0 Å². The van der Waals surface area contributed by atoms with E-state index < -0.39 is 14.4 Å². The summed E-state index contributed by atoms with van der Waals surface area (Å²) in [5.41, 5.74) is 3.25. The minimum atomic E-state index is -1.75. The lowest BCUT2D eigenvalue weighted by atomic mass is 10.0. The van der Waals surface area contributed by atoms with E-state index >= 15 is 0 Å². The molecule has 0 bridgehead atoms. The fourth-order valence-electron chi connectivity index (χ4n) is 2.60. The van der Waals surface area contributed by atoms with Gasteiger partial charge in [-0.05, 0) is 28.8 Å². The van der Waals surface area contributed by atoms with E-state index in [1.807, 2.05) is 72.9 Å². The van der Waals surface area contributed by atoms with Gasteiger partial charge < -0.3 is 0 Å². The van der Waals surface area contributed by atoms with Gasteiger partial charge in [0.1, 0.15) is 0 Å². The van der Waals surface area contributed by atoms with Gasteiger partial charge in [0.25, 0.3) is 0 Å². The van der Waals surface area contributed by atoms with Crippen molar-refractivity contribution in [3.05, 3.63) is 84.1 Å². The van der Waals surface area contributed by atoms with Crippen LogP contribution in [-0.4, -0.2) is 13.1 Å². The first kappa shape index (κ1) is 13.3. The number of rotatable bonds is 4. The summed E-state index contributed by atoms with van der Waals surface area (Å²) in [6.45, 7) is 6.70. The van der Waals surface area contributed by atoms with Gasteiger partial charge in [-0.15, -0.1) is 0 Å². The molecule has 0 aliphatic rings. The number of hydrogen-bond acceptors (Lipinski definition) is 1. The van der Waals surface area contributed by atoms with Crippen LogP contribution in [0.15, 0.2) is 72.9 Å². The molecular weight excluding hydrogens is 294 g/mol. The molecule has 0 spiro atoms. The Morgan fingerprint density at radius 1 is 0.913 bits per heavy atom. The number of aromatic nitrogens is 1. The Labute approximate surface area is 142 Å². The quantitative estimate of drug-likeness (QED) is 0.624. The molecule has 1 heterocycles. The maximum Gasteiger partial charge on any atom is 0.0799 e. The van der Waals surface area contributed by atoms with Gasteiger partial charge in [-0.1, -0.05) is 80.3 Å². The van der Waals surface area contributed by atoms with Crippen molar-refractivity contribution in [1.82, 2.24) is 4.98 Å². The fourth-order valence-corrected chi connectivity index (χ4v) is 3.99. The molecule has 3 rings (SSSR count). The van der Waals surface area contributed by atoms with Crippen LogP contribution < -0.4 is 5.19 Å². The molecule has 0 saturated carbocycles. The first-order valence-corrected chi connectivity index (χ1v) is 11.4. The van der Waals surface area contributed by atoms with E-state index in [1.165, 1.54) is 0 Å². The van der Waals surface area contributed by atoms with E-state index in [-0.39, 0.29) is 0 Å². The third-order valence-electron chi connectivity index (χ3n) is 3.83. The number of nitrogens with zero attached hydrogens (tertiary/aromatic N) is 1. The van der Waals surface area contributed by atoms with Crippen LogP contribution in [-0.2, 0) is 6.37 Å². The highest BCUT2D eigenvalue weighted by molar-refractivity contribution is 6.89. The van der Waals surface area contributed by atoms with Crippen molar-refractivity contribution in [1.29, 1.82) is 0 Å². The molecule has 0 atom stereocenters. The number of pyridine rings is 1. The van der Waals surface area contributed by atoms with Crippen LogP contribution in [0.2, 0.25) is 19.6 Å². The molecule has 116 valence electrons. The molecule has 23 heavy (non-hydrogen) atoms. The zero-order chi connectivity index (χ0) is 18.1. The summed E-state index contributed by atoms with van der Waals surface area (Å²) >= 11 is 0. The number of benzene rings is 2. The largest absolute Gasteiger partial charge is 0.256 e. The first-order valence-electron chi connectivity index (χ1n) is 8.92. The molecular formula is C21H23NSi. The van der Waals surface area contributed by atoms with Gasteiger partial charge in [0.15, 0.2) is 0 Å². The van der Waals surface area contributed by atoms with Crippen molar-refractivity contribution >= 4 is 13.3 Å². The Bertz CT molecular complexity index is 856. The van der Waals surface area contributed by atoms with Crippen molar-refractivity contribution in [2.75, 3.05) is 0 Å². The normalized spacial score (nSPS) is 13.3. The zero-order valence-electron chi connectivity index (χ0n) is 15.9. The maximum atomic E-state index is 8.85. The SMILES string of the molecule is [2H]C([2H])(c1ccccc1)c1cc(-c2ccccc2)ncc1[Si](C)(C)C. The van der Waals surface area contributed by atoms with Crippen LogP contribution in [0, 0.1) is 0 Å². The average molecular weight is 320 g/mol. The molecule has 0 aliphatic heterocycles. The second-order valence-electron chi connectivity index (χ2n) is 6.72. The summed E-state index contributed by atoms with van der Waals surface area (Å²) in [5.74, 6) is 0. The monoisotopic (exact) mass is 319 g/mol. The molecule has 0 radical (unpaired) electrons. The van der Waals surface area contributed by atoms with Gasteiger partial charge in [-0.3, -0.25) is 4.98 Å². The van der Waals surface area contributed by atoms with E-state index in [9.17, 15) is 0 Å². The van der Waals surface area contributed by atoms with Crippen LogP contribution in [0.3, 0.4) is 0 Å².